The topological polar surface area (TPSA) is 15.3 Å². The maximum Gasteiger partial charge on any atom is 0.0147 e. The molecule has 0 amide bonds. The van der Waals surface area contributed by atoms with Gasteiger partial charge in [-0.2, -0.15) is 0 Å². The second-order valence-corrected chi connectivity index (χ2v) is 6.26. The molecule has 0 bridgehead atoms. The zero-order valence-corrected chi connectivity index (χ0v) is 12.6. The lowest BCUT2D eigenvalue weighted by atomic mass is 9.83. The molecule has 0 radical (unpaired) electrons. The highest BCUT2D eigenvalue weighted by atomic mass is 15.2. The normalized spacial score (nSPS) is 26.5. The van der Waals surface area contributed by atoms with Gasteiger partial charge in [-0.3, -0.25) is 0 Å². The van der Waals surface area contributed by atoms with E-state index in [4.69, 9.17) is 0 Å². The SMILES string of the molecule is CCNC1CCCCC1CN(C)C(C)(C)CC. The van der Waals surface area contributed by atoms with Crippen LogP contribution in [0.3, 0.4) is 0 Å². The van der Waals surface area contributed by atoms with Gasteiger partial charge in [0.15, 0.2) is 0 Å². The minimum absolute atomic E-state index is 0.341. The predicted molar refractivity (Wildman–Crippen MR) is 76.4 cm³/mol. The first-order valence-corrected chi connectivity index (χ1v) is 7.46. The Balaban J connectivity index is 2.52. The third kappa shape index (κ3) is 4.26. The van der Waals surface area contributed by atoms with Crippen molar-refractivity contribution in [3.05, 3.63) is 0 Å². The Hall–Kier alpha value is -0.0800. The second kappa shape index (κ2) is 6.75. The molecule has 2 nitrogen and oxygen atoms in total. The first-order valence-electron chi connectivity index (χ1n) is 7.46. The van der Waals surface area contributed by atoms with E-state index in [0.29, 0.717) is 5.54 Å². The van der Waals surface area contributed by atoms with E-state index in [0.717, 1.165) is 18.5 Å². The molecule has 102 valence electrons. The van der Waals surface area contributed by atoms with Gasteiger partial charge in [0.25, 0.3) is 0 Å². The van der Waals surface area contributed by atoms with Crippen molar-refractivity contribution in [1.82, 2.24) is 10.2 Å². The van der Waals surface area contributed by atoms with Crippen LogP contribution in [0.15, 0.2) is 0 Å². The quantitative estimate of drug-likeness (QED) is 0.766. The van der Waals surface area contributed by atoms with Gasteiger partial charge in [0, 0.05) is 18.1 Å². The lowest BCUT2D eigenvalue weighted by Gasteiger charge is -2.41. The Kier molecular flexibility index (Phi) is 5.94. The maximum atomic E-state index is 3.68. The third-order valence-electron chi connectivity index (χ3n) is 4.78. The van der Waals surface area contributed by atoms with Crippen molar-refractivity contribution in [2.24, 2.45) is 5.92 Å². The van der Waals surface area contributed by atoms with E-state index in [1.807, 2.05) is 0 Å². The molecule has 0 saturated heterocycles. The molecule has 17 heavy (non-hydrogen) atoms. The molecule has 1 aliphatic carbocycles. The van der Waals surface area contributed by atoms with Crippen molar-refractivity contribution >= 4 is 0 Å². The summed E-state index contributed by atoms with van der Waals surface area (Å²) in [5, 5.41) is 3.68. The molecule has 2 atom stereocenters. The van der Waals surface area contributed by atoms with E-state index in [-0.39, 0.29) is 0 Å². The lowest BCUT2D eigenvalue weighted by Crippen LogP contribution is -2.48. The molecule has 0 heterocycles. The van der Waals surface area contributed by atoms with Crippen LogP contribution in [0, 0.1) is 5.92 Å². The highest BCUT2D eigenvalue weighted by Crippen LogP contribution is 2.27. The third-order valence-corrected chi connectivity index (χ3v) is 4.78. The van der Waals surface area contributed by atoms with E-state index in [1.54, 1.807) is 0 Å². The second-order valence-electron chi connectivity index (χ2n) is 6.26. The first-order chi connectivity index (χ1) is 8.01. The van der Waals surface area contributed by atoms with Crippen molar-refractivity contribution in [1.29, 1.82) is 0 Å². The summed E-state index contributed by atoms with van der Waals surface area (Å²) in [5.74, 6) is 0.847. The van der Waals surface area contributed by atoms with E-state index in [1.165, 1.54) is 38.6 Å². The minimum atomic E-state index is 0.341. The summed E-state index contributed by atoms with van der Waals surface area (Å²) in [4.78, 5) is 2.56. The Morgan fingerprint density at radius 3 is 2.41 bits per heavy atom. The van der Waals surface area contributed by atoms with E-state index >= 15 is 0 Å². The fraction of sp³-hybridized carbons (Fsp3) is 1.00. The van der Waals surface area contributed by atoms with Crippen LogP contribution in [-0.2, 0) is 0 Å². The molecule has 0 spiro atoms. The molecular weight excluding hydrogens is 208 g/mol. The molecule has 0 aliphatic heterocycles. The predicted octanol–water partition coefficient (Wildman–Crippen LogP) is 3.28. The van der Waals surface area contributed by atoms with Crippen molar-refractivity contribution in [2.75, 3.05) is 20.1 Å². The van der Waals surface area contributed by atoms with Gasteiger partial charge in [0.1, 0.15) is 0 Å². The van der Waals surface area contributed by atoms with Gasteiger partial charge in [0.05, 0.1) is 0 Å². The molecule has 1 fully saturated rings. The molecule has 0 aromatic heterocycles. The largest absolute Gasteiger partial charge is 0.314 e. The summed E-state index contributed by atoms with van der Waals surface area (Å²) in [6.45, 7) is 11.6. The van der Waals surface area contributed by atoms with Crippen LogP contribution in [0.2, 0.25) is 0 Å². The Bertz CT molecular complexity index is 211. The standard InChI is InChI=1S/C15H32N2/c1-6-15(3,4)17(5)12-13-10-8-9-11-14(13)16-7-2/h13-14,16H,6-12H2,1-5H3. The van der Waals surface area contributed by atoms with Gasteiger partial charge in [-0.1, -0.05) is 26.7 Å². The molecule has 2 heteroatoms. The van der Waals surface area contributed by atoms with Crippen LogP contribution in [0.25, 0.3) is 0 Å². The van der Waals surface area contributed by atoms with Crippen molar-refractivity contribution in [3.8, 4) is 0 Å². The van der Waals surface area contributed by atoms with Gasteiger partial charge in [-0.15, -0.1) is 0 Å². The maximum absolute atomic E-state index is 3.68. The van der Waals surface area contributed by atoms with Crippen molar-refractivity contribution in [2.45, 2.75) is 71.4 Å². The minimum Gasteiger partial charge on any atom is -0.314 e. The van der Waals surface area contributed by atoms with Crippen molar-refractivity contribution < 1.29 is 0 Å². The zero-order valence-electron chi connectivity index (χ0n) is 12.6. The Morgan fingerprint density at radius 1 is 1.18 bits per heavy atom. The van der Waals surface area contributed by atoms with Gasteiger partial charge in [0.2, 0.25) is 0 Å². The highest BCUT2D eigenvalue weighted by Gasteiger charge is 2.29. The number of nitrogens with one attached hydrogen (secondary N) is 1. The van der Waals surface area contributed by atoms with E-state index in [9.17, 15) is 0 Å². The van der Waals surface area contributed by atoms with Gasteiger partial charge in [-0.25, -0.2) is 0 Å². The average molecular weight is 240 g/mol. The zero-order chi connectivity index (χ0) is 12.9. The van der Waals surface area contributed by atoms with Gasteiger partial charge >= 0.3 is 0 Å². The summed E-state index contributed by atoms with van der Waals surface area (Å²) in [6, 6.07) is 0.754. The smallest absolute Gasteiger partial charge is 0.0147 e. The molecule has 1 rings (SSSR count). The molecule has 2 unspecified atom stereocenters. The van der Waals surface area contributed by atoms with E-state index in [2.05, 4.69) is 45.0 Å². The fourth-order valence-electron chi connectivity index (χ4n) is 2.83. The van der Waals surface area contributed by atoms with Gasteiger partial charge < -0.3 is 10.2 Å². The summed E-state index contributed by atoms with van der Waals surface area (Å²) in [6.07, 6.45) is 6.84. The number of nitrogens with zero attached hydrogens (tertiary/aromatic N) is 1. The fourth-order valence-corrected chi connectivity index (χ4v) is 2.83. The lowest BCUT2D eigenvalue weighted by molar-refractivity contribution is 0.101. The molecule has 1 N–H and O–H groups in total. The first kappa shape index (κ1) is 15.0. The van der Waals surface area contributed by atoms with E-state index < -0.39 is 0 Å². The van der Waals surface area contributed by atoms with Crippen LogP contribution < -0.4 is 5.32 Å². The van der Waals surface area contributed by atoms with Crippen LogP contribution >= 0.6 is 0 Å². The molecule has 1 aliphatic rings. The van der Waals surface area contributed by atoms with Crippen LogP contribution in [0.4, 0.5) is 0 Å². The highest BCUT2D eigenvalue weighted by molar-refractivity contribution is 4.86. The monoisotopic (exact) mass is 240 g/mol. The van der Waals surface area contributed by atoms with Crippen LogP contribution in [-0.4, -0.2) is 36.6 Å². The molecular formula is C15H32N2. The summed E-state index contributed by atoms with van der Waals surface area (Å²) in [5.41, 5.74) is 0.341. The molecule has 1 saturated carbocycles. The Morgan fingerprint density at radius 2 is 1.82 bits per heavy atom. The number of rotatable bonds is 6. The molecule has 0 aromatic rings. The number of hydrogen-bond donors (Lipinski definition) is 1. The summed E-state index contributed by atoms with van der Waals surface area (Å²) < 4.78 is 0. The molecule has 0 aromatic carbocycles. The summed E-state index contributed by atoms with van der Waals surface area (Å²) in [7, 11) is 2.29. The average Bonchev–Trinajstić information content (AvgIpc) is 2.32. The summed E-state index contributed by atoms with van der Waals surface area (Å²) >= 11 is 0. The van der Waals surface area contributed by atoms with Crippen LogP contribution in [0.1, 0.15) is 59.8 Å². The van der Waals surface area contributed by atoms with Crippen molar-refractivity contribution in [3.63, 3.8) is 0 Å². The Labute approximate surface area is 108 Å². The number of hydrogen-bond acceptors (Lipinski definition) is 2. The van der Waals surface area contributed by atoms with Crippen LogP contribution in [0.5, 0.6) is 0 Å². The van der Waals surface area contributed by atoms with Gasteiger partial charge in [-0.05, 0) is 52.6 Å².